The summed E-state index contributed by atoms with van der Waals surface area (Å²) in [7, 11) is -2.60. The van der Waals surface area contributed by atoms with Gasteiger partial charge in [0.25, 0.3) is 5.78 Å². The van der Waals surface area contributed by atoms with Crippen molar-refractivity contribution in [2.75, 3.05) is 7.11 Å². The number of rotatable bonds is 7. The molecule has 1 N–H and O–H groups in total. The van der Waals surface area contributed by atoms with Gasteiger partial charge in [0.15, 0.2) is 0 Å². The quantitative estimate of drug-likeness (QED) is 0.487. The normalized spacial score (nSPS) is 18.6. The lowest BCUT2D eigenvalue weighted by atomic mass is 9.92. The van der Waals surface area contributed by atoms with E-state index in [1.165, 1.54) is 0 Å². The minimum absolute atomic E-state index is 0.0707. The zero-order chi connectivity index (χ0) is 23.6. The Morgan fingerprint density at radius 2 is 1.94 bits per heavy atom. The molecule has 33 heavy (non-hydrogen) atoms. The van der Waals surface area contributed by atoms with Gasteiger partial charge in [0.2, 0.25) is 10.0 Å². The zero-order valence-corrected chi connectivity index (χ0v) is 19.7. The van der Waals surface area contributed by atoms with Gasteiger partial charge in [-0.3, -0.25) is 4.79 Å². The van der Waals surface area contributed by atoms with E-state index in [1.54, 1.807) is 24.3 Å². The van der Waals surface area contributed by atoms with Crippen LogP contribution in [0.5, 0.6) is 0 Å². The van der Waals surface area contributed by atoms with Crippen LogP contribution in [0.2, 0.25) is 0 Å². The molecule has 3 aliphatic rings. The van der Waals surface area contributed by atoms with Crippen LogP contribution in [-0.4, -0.2) is 39.0 Å². The number of carbonyl (C=O) groups excluding carboxylic acids is 2. The molecule has 0 radical (unpaired) electrons. The molecule has 7 nitrogen and oxygen atoms in total. The van der Waals surface area contributed by atoms with E-state index < -0.39 is 21.8 Å². The molecule has 2 aliphatic carbocycles. The van der Waals surface area contributed by atoms with Crippen molar-refractivity contribution in [1.29, 1.82) is 0 Å². The van der Waals surface area contributed by atoms with Gasteiger partial charge in [0.1, 0.15) is 0 Å². The number of nitrogens with zero attached hydrogens (tertiary/aromatic N) is 1. The number of nitrogens with one attached hydrogen (secondary N) is 1. The minimum Gasteiger partial charge on any atom is -0.463 e. The number of allylic oxidation sites excluding steroid dienone is 4. The molecule has 0 amide bonds. The van der Waals surface area contributed by atoms with Gasteiger partial charge in [-0.15, -0.1) is 0 Å². The summed E-state index contributed by atoms with van der Waals surface area (Å²) < 4.78 is 34.2. The molecular formula is C25H28N2O5S. The van der Waals surface area contributed by atoms with Crippen molar-refractivity contribution >= 4 is 27.5 Å². The van der Waals surface area contributed by atoms with E-state index in [0.717, 1.165) is 39.2 Å². The van der Waals surface area contributed by atoms with Crippen LogP contribution in [0.25, 0.3) is 0 Å². The van der Waals surface area contributed by atoms with Crippen molar-refractivity contribution in [3.8, 4) is 0 Å². The molecule has 1 aromatic rings. The summed E-state index contributed by atoms with van der Waals surface area (Å²) in [6.45, 7) is 1.90. The topological polar surface area (TPSA) is 102 Å². The summed E-state index contributed by atoms with van der Waals surface area (Å²) in [6.07, 6.45) is 11.3. The maximum Gasteiger partial charge on any atom is 0.379 e. The molecule has 0 aromatic heterocycles. The van der Waals surface area contributed by atoms with Crippen molar-refractivity contribution in [3.63, 3.8) is 0 Å². The molecule has 4 rings (SSSR count). The maximum absolute atomic E-state index is 13.3. The lowest BCUT2D eigenvalue weighted by molar-refractivity contribution is -0.149. The standard InChI is InChI=1S/C25H28N2O5S/c1-3-16-13-14-17(15-21(16)33(30,31)27-18-9-5-4-6-10-18)23-22(24(28)25(29)32-2)19-11-7-8-12-20(19)26-23/h7-8,12-15,18,27H,3-6,9-11H2,1-2H3. The fourth-order valence-electron chi connectivity index (χ4n) is 4.60. The lowest BCUT2D eigenvalue weighted by Gasteiger charge is -2.23. The van der Waals surface area contributed by atoms with E-state index >= 15 is 0 Å². The van der Waals surface area contributed by atoms with Crippen LogP contribution in [-0.2, 0) is 30.8 Å². The number of sulfonamides is 1. The highest BCUT2D eigenvalue weighted by Gasteiger charge is 2.34. The van der Waals surface area contributed by atoms with E-state index in [4.69, 9.17) is 0 Å². The number of carbonyl (C=O) groups is 2. The molecule has 1 fully saturated rings. The number of fused-ring (bicyclic) bond motifs is 1. The van der Waals surface area contributed by atoms with E-state index in [-0.39, 0.29) is 16.5 Å². The number of aryl methyl sites for hydroxylation is 1. The second-order valence-electron chi connectivity index (χ2n) is 8.45. The number of hydrogen-bond donors (Lipinski definition) is 1. The van der Waals surface area contributed by atoms with Crippen molar-refractivity contribution in [2.45, 2.75) is 62.8 Å². The molecule has 8 heteroatoms. The first-order chi connectivity index (χ1) is 15.9. The molecule has 1 aliphatic heterocycles. The Kier molecular flexibility index (Phi) is 6.76. The van der Waals surface area contributed by atoms with E-state index in [1.807, 2.05) is 19.1 Å². The van der Waals surface area contributed by atoms with E-state index in [0.29, 0.717) is 41.0 Å². The lowest BCUT2D eigenvalue weighted by Crippen LogP contribution is -2.36. The van der Waals surface area contributed by atoms with Gasteiger partial charge in [-0.2, -0.15) is 0 Å². The molecule has 0 spiro atoms. The third-order valence-electron chi connectivity index (χ3n) is 6.33. The Bertz CT molecular complexity index is 1220. The highest BCUT2D eigenvalue weighted by Crippen LogP contribution is 2.35. The van der Waals surface area contributed by atoms with Crippen LogP contribution in [0.3, 0.4) is 0 Å². The Morgan fingerprint density at radius 1 is 1.18 bits per heavy atom. The summed E-state index contributed by atoms with van der Waals surface area (Å²) in [5, 5.41) is 0. The molecule has 174 valence electrons. The van der Waals surface area contributed by atoms with Crippen LogP contribution in [0.1, 0.15) is 56.6 Å². The smallest absolute Gasteiger partial charge is 0.379 e. The minimum atomic E-state index is -3.76. The Morgan fingerprint density at radius 3 is 2.64 bits per heavy atom. The summed E-state index contributed by atoms with van der Waals surface area (Å²) >= 11 is 0. The number of benzene rings is 1. The summed E-state index contributed by atoms with van der Waals surface area (Å²) in [5.41, 5.74) is 2.88. The molecule has 0 unspecified atom stereocenters. The molecule has 1 aromatic carbocycles. The molecule has 1 heterocycles. The number of ether oxygens (including phenoxy) is 1. The van der Waals surface area contributed by atoms with Crippen molar-refractivity contribution in [2.24, 2.45) is 4.99 Å². The number of Topliss-reactive ketones (excluding diaryl/α,β-unsaturated/α-hetero) is 1. The number of ketones is 1. The van der Waals surface area contributed by atoms with Crippen molar-refractivity contribution in [3.05, 3.63) is 64.4 Å². The van der Waals surface area contributed by atoms with Crippen LogP contribution < -0.4 is 4.72 Å². The van der Waals surface area contributed by atoms with Gasteiger partial charge in [-0.1, -0.05) is 50.5 Å². The predicted molar refractivity (Wildman–Crippen MR) is 125 cm³/mol. The van der Waals surface area contributed by atoms with Crippen LogP contribution in [0.15, 0.2) is 63.2 Å². The van der Waals surface area contributed by atoms with Gasteiger partial charge in [-0.05, 0) is 49.0 Å². The maximum atomic E-state index is 13.3. The first-order valence-corrected chi connectivity index (χ1v) is 12.8. The third-order valence-corrected chi connectivity index (χ3v) is 7.93. The third kappa shape index (κ3) is 4.63. The number of aliphatic imine (C=N–C) groups is 1. The fourth-order valence-corrected chi connectivity index (χ4v) is 6.24. The van der Waals surface area contributed by atoms with Gasteiger partial charge in [0.05, 0.1) is 29.0 Å². The van der Waals surface area contributed by atoms with Gasteiger partial charge in [-0.25, -0.2) is 22.9 Å². The Hall–Kier alpha value is -2.84. The summed E-state index contributed by atoms with van der Waals surface area (Å²) in [5.74, 6) is -1.76. The van der Waals surface area contributed by atoms with Crippen molar-refractivity contribution < 1.29 is 22.7 Å². The highest BCUT2D eigenvalue weighted by molar-refractivity contribution is 7.89. The summed E-state index contributed by atoms with van der Waals surface area (Å²) in [6, 6.07) is 5.01. The monoisotopic (exact) mass is 468 g/mol. The van der Waals surface area contributed by atoms with E-state index in [2.05, 4.69) is 14.5 Å². The van der Waals surface area contributed by atoms with Gasteiger partial charge in [0, 0.05) is 11.6 Å². The highest BCUT2D eigenvalue weighted by atomic mass is 32.2. The average molecular weight is 469 g/mol. The summed E-state index contributed by atoms with van der Waals surface area (Å²) in [4.78, 5) is 29.8. The molecule has 0 atom stereocenters. The Balaban J connectivity index is 1.77. The molecule has 0 bridgehead atoms. The van der Waals surface area contributed by atoms with Crippen LogP contribution in [0, 0.1) is 0 Å². The van der Waals surface area contributed by atoms with Crippen molar-refractivity contribution in [1.82, 2.24) is 4.72 Å². The SMILES string of the molecule is CCc1ccc(C2=NC3=CC=CCC3=C2C(=O)C(=O)OC)cc1S(=O)(=O)NC1CCCCC1. The predicted octanol–water partition coefficient (Wildman–Crippen LogP) is 3.55. The zero-order valence-electron chi connectivity index (χ0n) is 18.9. The van der Waals surface area contributed by atoms with E-state index in [9.17, 15) is 18.0 Å². The largest absolute Gasteiger partial charge is 0.463 e. The fraction of sp³-hybridized carbons (Fsp3) is 0.400. The molecule has 0 saturated heterocycles. The number of hydrogen-bond acceptors (Lipinski definition) is 6. The first kappa shape index (κ1) is 23.3. The van der Waals surface area contributed by atoms with Crippen LogP contribution in [0.4, 0.5) is 0 Å². The Labute approximate surface area is 194 Å². The second kappa shape index (κ2) is 9.57. The first-order valence-electron chi connectivity index (χ1n) is 11.3. The van der Waals surface area contributed by atoms with Gasteiger partial charge >= 0.3 is 5.97 Å². The molecule has 1 saturated carbocycles. The van der Waals surface area contributed by atoms with Crippen LogP contribution >= 0.6 is 0 Å². The number of methoxy groups -OCH3 is 1. The number of esters is 1. The van der Waals surface area contributed by atoms with Gasteiger partial charge < -0.3 is 4.74 Å². The molecular weight excluding hydrogens is 440 g/mol. The average Bonchev–Trinajstić information content (AvgIpc) is 3.22. The second-order valence-corrected chi connectivity index (χ2v) is 10.1.